The van der Waals surface area contributed by atoms with Crippen molar-refractivity contribution in [3.63, 3.8) is 0 Å². The number of ether oxygens (including phenoxy) is 1. The number of nitrogens with one attached hydrogen (secondary N) is 1. The first-order valence-electron chi connectivity index (χ1n) is 6.24. The van der Waals surface area contributed by atoms with Crippen LogP contribution in [0.1, 0.15) is 25.3 Å². The Morgan fingerprint density at radius 1 is 1.56 bits per heavy atom. The van der Waals surface area contributed by atoms with Gasteiger partial charge in [0.2, 0.25) is 0 Å². The molecule has 5 nitrogen and oxygen atoms in total. The van der Waals surface area contributed by atoms with Crippen molar-refractivity contribution in [2.75, 3.05) is 18.6 Å². The van der Waals surface area contributed by atoms with Crippen molar-refractivity contribution in [3.05, 3.63) is 28.0 Å². The van der Waals surface area contributed by atoms with E-state index in [1.807, 2.05) is 24.0 Å². The SMILES string of the molecule is CCc1ccc(N2CCCC2C(=O)OC)[nH]c1=O. The highest BCUT2D eigenvalue weighted by molar-refractivity contribution is 5.80. The second-order valence-electron chi connectivity index (χ2n) is 4.43. The summed E-state index contributed by atoms with van der Waals surface area (Å²) < 4.78 is 4.79. The lowest BCUT2D eigenvalue weighted by molar-refractivity contribution is -0.141. The molecule has 2 heterocycles. The molecule has 0 saturated carbocycles. The smallest absolute Gasteiger partial charge is 0.328 e. The van der Waals surface area contributed by atoms with Gasteiger partial charge in [-0.15, -0.1) is 0 Å². The maximum absolute atomic E-state index is 11.8. The lowest BCUT2D eigenvalue weighted by Crippen LogP contribution is -2.38. The standard InChI is InChI=1S/C13H18N2O3/c1-3-9-6-7-11(14-12(9)16)15-8-4-5-10(15)13(17)18-2/h6-7,10H,3-5,8H2,1-2H3,(H,14,16). The number of anilines is 1. The third kappa shape index (κ3) is 2.25. The topological polar surface area (TPSA) is 62.4 Å². The number of methoxy groups -OCH3 is 1. The fourth-order valence-corrected chi connectivity index (χ4v) is 2.38. The fraction of sp³-hybridized carbons (Fsp3) is 0.538. The molecule has 2 rings (SSSR count). The quantitative estimate of drug-likeness (QED) is 0.815. The van der Waals surface area contributed by atoms with Gasteiger partial charge in [0.05, 0.1) is 7.11 Å². The molecule has 1 aromatic rings. The molecule has 1 aliphatic heterocycles. The highest BCUT2D eigenvalue weighted by atomic mass is 16.5. The molecule has 0 aromatic carbocycles. The van der Waals surface area contributed by atoms with E-state index in [2.05, 4.69) is 4.98 Å². The van der Waals surface area contributed by atoms with Crippen molar-refractivity contribution >= 4 is 11.8 Å². The summed E-state index contributed by atoms with van der Waals surface area (Å²) in [7, 11) is 1.39. The van der Waals surface area contributed by atoms with Gasteiger partial charge in [0.1, 0.15) is 11.9 Å². The maximum atomic E-state index is 11.8. The Bertz CT molecular complexity index is 495. The number of rotatable bonds is 3. The summed E-state index contributed by atoms with van der Waals surface area (Å²) in [5, 5.41) is 0. The summed E-state index contributed by atoms with van der Waals surface area (Å²) >= 11 is 0. The minimum atomic E-state index is -0.280. The van der Waals surface area contributed by atoms with Crippen molar-refractivity contribution in [3.8, 4) is 0 Å². The molecule has 0 radical (unpaired) electrons. The molecule has 5 heteroatoms. The largest absolute Gasteiger partial charge is 0.467 e. The fourth-order valence-electron chi connectivity index (χ4n) is 2.38. The summed E-state index contributed by atoms with van der Waals surface area (Å²) in [6.45, 7) is 2.71. The lowest BCUT2D eigenvalue weighted by Gasteiger charge is -2.24. The van der Waals surface area contributed by atoms with E-state index in [9.17, 15) is 9.59 Å². The van der Waals surface area contributed by atoms with Gasteiger partial charge in [-0.25, -0.2) is 4.79 Å². The van der Waals surface area contributed by atoms with Crippen LogP contribution in [0.4, 0.5) is 5.82 Å². The van der Waals surface area contributed by atoms with Gasteiger partial charge in [0.25, 0.3) is 5.56 Å². The predicted octanol–water partition coefficient (Wildman–Crippen LogP) is 1.08. The van der Waals surface area contributed by atoms with E-state index in [-0.39, 0.29) is 17.6 Å². The zero-order valence-corrected chi connectivity index (χ0v) is 10.7. The lowest BCUT2D eigenvalue weighted by atomic mass is 10.2. The van der Waals surface area contributed by atoms with Crippen molar-refractivity contribution < 1.29 is 9.53 Å². The highest BCUT2D eigenvalue weighted by Crippen LogP contribution is 2.23. The molecule has 0 spiro atoms. The Labute approximate surface area is 106 Å². The second-order valence-corrected chi connectivity index (χ2v) is 4.43. The highest BCUT2D eigenvalue weighted by Gasteiger charge is 2.32. The summed E-state index contributed by atoms with van der Waals surface area (Å²) in [5.74, 6) is 0.456. The summed E-state index contributed by atoms with van der Waals surface area (Å²) in [6, 6.07) is 3.40. The molecule has 0 bridgehead atoms. The van der Waals surface area contributed by atoms with Crippen LogP contribution in [-0.4, -0.2) is 30.6 Å². The molecule has 1 aromatic heterocycles. The van der Waals surface area contributed by atoms with Crippen LogP contribution in [0, 0.1) is 0 Å². The normalized spacial score (nSPS) is 19.0. The Morgan fingerprint density at radius 2 is 2.33 bits per heavy atom. The Hall–Kier alpha value is -1.78. The Morgan fingerprint density at radius 3 is 2.94 bits per heavy atom. The molecular weight excluding hydrogens is 232 g/mol. The van der Waals surface area contributed by atoms with Gasteiger partial charge in [0.15, 0.2) is 0 Å². The molecule has 1 aliphatic rings. The first-order valence-corrected chi connectivity index (χ1v) is 6.24. The van der Waals surface area contributed by atoms with E-state index in [0.717, 1.165) is 24.9 Å². The zero-order valence-electron chi connectivity index (χ0n) is 10.7. The molecule has 18 heavy (non-hydrogen) atoms. The van der Waals surface area contributed by atoms with Crippen molar-refractivity contribution in [2.24, 2.45) is 0 Å². The van der Waals surface area contributed by atoms with Crippen molar-refractivity contribution in [1.82, 2.24) is 4.98 Å². The monoisotopic (exact) mass is 250 g/mol. The van der Waals surface area contributed by atoms with E-state index in [0.29, 0.717) is 12.2 Å². The number of H-pyrrole nitrogens is 1. The van der Waals surface area contributed by atoms with Gasteiger partial charge in [-0.2, -0.15) is 0 Å². The molecule has 0 amide bonds. The van der Waals surface area contributed by atoms with Crippen molar-refractivity contribution in [1.29, 1.82) is 0 Å². The van der Waals surface area contributed by atoms with Gasteiger partial charge in [-0.05, 0) is 31.4 Å². The van der Waals surface area contributed by atoms with Crippen LogP contribution in [0.2, 0.25) is 0 Å². The van der Waals surface area contributed by atoms with Gasteiger partial charge in [-0.3, -0.25) is 4.79 Å². The van der Waals surface area contributed by atoms with Crippen LogP contribution >= 0.6 is 0 Å². The first-order chi connectivity index (χ1) is 8.67. The van der Waals surface area contributed by atoms with Crippen LogP contribution < -0.4 is 10.5 Å². The average molecular weight is 250 g/mol. The summed E-state index contributed by atoms with van der Waals surface area (Å²) in [5.41, 5.74) is 0.679. The summed E-state index contributed by atoms with van der Waals surface area (Å²) in [4.78, 5) is 28.2. The molecule has 1 atom stereocenters. The van der Waals surface area contributed by atoms with E-state index in [1.165, 1.54) is 7.11 Å². The maximum Gasteiger partial charge on any atom is 0.328 e. The van der Waals surface area contributed by atoms with Gasteiger partial charge in [-0.1, -0.05) is 6.92 Å². The van der Waals surface area contributed by atoms with Crippen LogP contribution in [0.25, 0.3) is 0 Å². The van der Waals surface area contributed by atoms with Gasteiger partial charge in [0, 0.05) is 12.1 Å². The number of aromatic nitrogens is 1. The average Bonchev–Trinajstić information content (AvgIpc) is 2.86. The number of nitrogens with zero attached hydrogens (tertiary/aromatic N) is 1. The van der Waals surface area contributed by atoms with E-state index >= 15 is 0 Å². The second kappa shape index (κ2) is 5.25. The zero-order chi connectivity index (χ0) is 13.1. The number of esters is 1. The Kier molecular flexibility index (Phi) is 3.69. The Balaban J connectivity index is 2.28. The number of aromatic amines is 1. The molecule has 1 fully saturated rings. The number of hydrogen-bond acceptors (Lipinski definition) is 4. The molecule has 98 valence electrons. The molecule has 0 aliphatic carbocycles. The number of carbonyl (C=O) groups is 1. The first kappa shape index (κ1) is 12.7. The van der Waals surface area contributed by atoms with Gasteiger partial charge < -0.3 is 14.6 Å². The van der Waals surface area contributed by atoms with Crippen LogP contribution in [-0.2, 0) is 16.0 Å². The predicted molar refractivity (Wildman–Crippen MR) is 68.8 cm³/mol. The minimum absolute atomic E-state index is 0.0782. The van der Waals surface area contributed by atoms with Gasteiger partial charge >= 0.3 is 5.97 Å². The molecule has 1 unspecified atom stereocenters. The van der Waals surface area contributed by atoms with Crippen LogP contribution in [0.5, 0.6) is 0 Å². The third-order valence-corrected chi connectivity index (χ3v) is 3.39. The van der Waals surface area contributed by atoms with E-state index in [1.54, 1.807) is 0 Å². The number of pyridine rings is 1. The van der Waals surface area contributed by atoms with Crippen molar-refractivity contribution in [2.45, 2.75) is 32.2 Å². The summed E-state index contributed by atoms with van der Waals surface area (Å²) in [6.07, 6.45) is 2.40. The molecular formula is C13H18N2O3. The number of carbonyl (C=O) groups excluding carboxylic acids is 1. The van der Waals surface area contributed by atoms with E-state index < -0.39 is 0 Å². The number of aryl methyl sites for hydroxylation is 1. The van der Waals surface area contributed by atoms with Crippen LogP contribution in [0.15, 0.2) is 16.9 Å². The van der Waals surface area contributed by atoms with E-state index in [4.69, 9.17) is 4.74 Å². The molecule has 1 N–H and O–H groups in total. The minimum Gasteiger partial charge on any atom is -0.467 e. The molecule has 1 saturated heterocycles. The van der Waals surface area contributed by atoms with Crippen LogP contribution in [0.3, 0.4) is 0 Å². The third-order valence-electron chi connectivity index (χ3n) is 3.39. The number of hydrogen-bond donors (Lipinski definition) is 1.